The van der Waals surface area contributed by atoms with Gasteiger partial charge in [-0.05, 0) is 29.7 Å². The minimum absolute atomic E-state index is 0.172. The van der Waals surface area contributed by atoms with Crippen LogP contribution in [-0.2, 0) is 13.2 Å². The zero-order valence-electron chi connectivity index (χ0n) is 18.3. The van der Waals surface area contributed by atoms with Gasteiger partial charge in [0, 0.05) is 12.1 Å². The summed E-state index contributed by atoms with van der Waals surface area (Å²) in [6.07, 6.45) is 0. The Morgan fingerprint density at radius 1 is 0.697 bits per heavy atom. The second kappa shape index (κ2) is 9.09. The van der Waals surface area contributed by atoms with Gasteiger partial charge in [0.15, 0.2) is 0 Å². The first kappa shape index (κ1) is 20.6. The van der Waals surface area contributed by atoms with E-state index >= 15 is 0 Å². The van der Waals surface area contributed by atoms with E-state index in [0.717, 1.165) is 22.4 Å². The highest BCUT2D eigenvalue weighted by Crippen LogP contribution is 2.43. The van der Waals surface area contributed by atoms with Crippen molar-refractivity contribution in [1.29, 1.82) is 0 Å². The molecule has 4 aromatic carbocycles. The number of amides is 1. The lowest BCUT2D eigenvalue weighted by molar-refractivity contribution is 0.102. The quantitative estimate of drug-likeness (QED) is 0.364. The molecular weight excluding hydrogens is 412 g/mol. The van der Waals surface area contributed by atoms with Gasteiger partial charge in [-0.25, -0.2) is 0 Å². The van der Waals surface area contributed by atoms with Crippen LogP contribution < -0.4 is 20.1 Å². The average Bonchev–Trinajstić information content (AvgIpc) is 2.99. The highest BCUT2D eigenvalue weighted by molar-refractivity contribution is 6.13. The number of carbonyl (C=O) groups excluding carboxylic acids is 1. The summed E-state index contributed by atoms with van der Waals surface area (Å²) < 4.78 is 12.3. The Hall–Kier alpha value is -4.25. The number of fused-ring (bicyclic) bond motifs is 2. The van der Waals surface area contributed by atoms with Crippen molar-refractivity contribution in [2.75, 3.05) is 10.6 Å². The van der Waals surface area contributed by atoms with Crippen LogP contribution in [0.1, 0.15) is 27.0 Å². The molecule has 0 saturated heterocycles. The SMILES string of the molecule is Cc1cccc2c1Nc1c(cc(OCc3ccccc3)cc1OCc1ccccc1)NC2=O. The van der Waals surface area contributed by atoms with E-state index in [-0.39, 0.29) is 5.91 Å². The standard InChI is InChI=1S/C28H24N2O3/c1-19-9-8-14-23-26(19)30-27-24(29-28(23)31)15-22(32-17-20-10-4-2-5-11-20)16-25(27)33-18-21-12-6-3-7-13-21/h2-16,30H,17-18H2,1H3,(H,29,31). The number of para-hydroxylation sites is 1. The van der Waals surface area contributed by atoms with Gasteiger partial charge < -0.3 is 20.1 Å². The predicted octanol–water partition coefficient (Wildman–Crippen LogP) is 6.46. The van der Waals surface area contributed by atoms with Crippen molar-refractivity contribution < 1.29 is 14.3 Å². The Morgan fingerprint density at radius 2 is 1.36 bits per heavy atom. The average molecular weight is 437 g/mol. The molecule has 0 saturated carbocycles. The lowest BCUT2D eigenvalue weighted by Gasteiger charge is -2.18. The molecule has 33 heavy (non-hydrogen) atoms. The molecule has 1 amide bonds. The lowest BCUT2D eigenvalue weighted by atomic mass is 10.1. The van der Waals surface area contributed by atoms with Crippen molar-refractivity contribution >= 4 is 23.0 Å². The number of ether oxygens (including phenoxy) is 2. The van der Waals surface area contributed by atoms with Gasteiger partial charge >= 0.3 is 0 Å². The Bertz CT molecular complexity index is 1290. The number of carbonyl (C=O) groups is 1. The maximum atomic E-state index is 13.0. The molecule has 2 N–H and O–H groups in total. The van der Waals surface area contributed by atoms with Gasteiger partial charge in [-0.2, -0.15) is 0 Å². The summed E-state index contributed by atoms with van der Waals surface area (Å²) in [5.41, 5.74) is 5.78. The van der Waals surface area contributed by atoms with Gasteiger partial charge in [-0.3, -0.25) is 4.79 Å². The number of aryl methyl sites for hydroxylation is 1. The Kier molecular flexibility index (Phi) is 5.68. The van der Waals surface area contributed by atoms with Crippen LogP contribution in [-0.4, -0.2) is 5.91 Å². The van der Waals surface area contributed by atoms with Crippen LogP contribution in [0.4, 0.5) is 17.1 Å². The summed E-state index contributed by atoms with van der Waals surface area (Å²) >= 11 is 0. The second-order valence-electron chi connectivity index (χ2n) is 7.97. The third kappa shape index (κ3) is 4.53. The van der Waals surface area contributed by atoms with Crippen LogP contribution in [0, 0.1) is 6.92 Å². The molecule has 164 valence electrons. The maximum Gasteiger partial charge on any atom is 0.257 e. The molecule has 0 atom stereocenters. The van der Waals surface area contributed by atoms with Crippen molar-refractivity contribution in [3.63, 3.8) is 0 Å². The van der Waals surface area contributed by atoms with E-state index < -0.39 is 0 Å². The molecule has 0 bridgehead atoms. The molecule has 5 nitrogen and oxygen atoms in total. The highest BCUT2D eigenvalue weighted by Gasteiger charge is 2.24. The summed E-state index contributed by atoms with van der Waals surface area (Å²) in [7, 11) is 0. The molecule has 0 radical (unpaired) electrons. The van der Waals surface area contributed by atoms with Crippen LogP contribution in [0.25, 0.3) is 0 Å². The Labute approximate surface area is 193 Å². The monoisotopic (exact) mass is 436 g/mol. The first-order valence-electron chi connectivity index (χ1n) is 10.9. The van der Waals surface area contributed by atoms with E-state index in [1.165, 1.54) is 0 Å². The molecule has 1 aliphatic rings. The minimum Gasteiger partial charge on any atom is -0.489 e. The van der Waals surface area contributed by atoms with Gasteiger partial charge in [0.1, 0.15) is 30.4 Å². The molecule has 0 aliphatic carbocycles. The zero-order valence-corrected chi connectivity index (χ0v) is 18.3. The molecule has 1 aliphatic heterocycles. The summed E-state index contributed by atoms with van der Waals surface area (Å²) in [5, 5.41) is 6.47. The number of hydrogen-bond acceptors (Lipinski definition) is 4. The van der Waals surface area contributed by atoms with Gasteiger partial charge in [-0.15, -0.1) is 0 Å². The summed E-state index contributed by atoms with van der Waals surface area (Å²) in [6.45, 7) is 2.79. The highest BCUT2D eigenvalue weighted by atomic mass is 16.5. The van der Waals surface area contributed by atoms with E-state index in [2.05, 4.69) is 10.6 Å². The molecule has 5 rings (SSSR count). The van der Waals surface area contributed by atoms with E-state index in [0.29, 0.717) is 41.7 Å². The lowest BCUT2D eigenvalue weighted by Crippen LogP contribution is -2.11. The first-order valence-corrected chi connectivity index (χ1v) is 10.9. The minimum atomic E-state index is -0.172. The smallest absolute Gasteiger partial charge is 0.257 e. The van der Waals surface area contributed by atoms with Crippen LogP contribution in [0.2, 0.25) is 0 Å². The number of hydrogen-bond donors (Lipinski definition) is 2. The molecule has 0 aromatic heterocycles. The number of benzene rings is 4. The largest absolute Gasteiger partial charge is 0.489 e. The fourth-order valence-corrected chi connectivity index (χ4v) is 3.83. The van der Waals surface area contributed by atoms with Crippen LogP contribution >= 0.6 is 0 Å². The number of rotatable bonds is 6. The molecule has 5 heteroatoms. The van der Waals surface area contributed by atoms with Crippen molar-refractivity contribution in [2.45, 2.75) is 20.1 Å². The van der Waals surface area contributed by atoms with E-state index in [9.17, 15) is 4.79 Å². The molecule has 1 heterocycles. The predicted molar refractivity (Wildman–Crippen MR) is 130 cm³/mol. The molecule has 0 unspecified atom stereocenters. The normalized spacial score (nSPS) is 12.0. The number of anilines is 3. The molecule has 0 spiro atoms. The van der Waals surface area contributed by atoms with Crippen LogP contribution in [0.3, 0.4) is 0 Å². The van der Waals surface area contributed by atoms with Gasteiger partial charge in [-0.1, -0.05) is 72.8 Å². The van der Waals surface area contributed by atoms with Crippen LogP contribution in [0.15, 0.2) is 91.0 Å². The summed E-state index contributed by atoms with van der Waals surface area (Å²) in [5.74, 6) is 1.05. The van der Waals surface area contributed by atoms with Crippen molar-refractivity contribution in [3.8, 4) is 11.5 Å². The molecule has 0 fully saturated rings. The summed E-state index contributed by atoms with van der Waals surface area (Å²) in [6, 6.07) is 29.3. The third-order valence-electron chi connectivity index (χ3n) is 5.58. The summed E-state index contributed by atoms with van der Waals surface area (Å²) in [4.78, 5) is 13.0. The topological polar surface area (TPSA) is 59.6 Å². The Balaban J connectivity index is 1.51. The fraction of sp³-hybridized carbons (Fsp3) is 0.107. The number of nitrogens with one attached hydrogen (secondary N) is 2. The van der Waals surface area contributed by atoms with Gasteiger partial charge in [0.05, 0.1) is 16.9 Å². The van der Waals surface area contributed by atoms with E-state index in [1.54, 1.807) is 0 Å². The van der Waals surface area contributed by atoms with Crippen molar-refractivity contribution in [3.05, 3.63) is 113 Å². The van der Waals surface area contributed by atoms with Crippen molar-refractivity contribution in [1.82, 2.24) is 0 Å². The maximum absolute atomic E-state index is 13.0. The molecular formula is C28H24N2O3. The Morgan fingerprint density at radius 3 is 2.06 bits per heavy atom. The van der Waals surface area contributed by atoms with Crippen LogP contribution in [0.5, 0.6) is 11.5 Å². The van der Waals surface area contributed by atoms with E-state index in [4.69, 9.17) is 9.47 Å². The van der Waals surface area contributed by atoms with Gasteiger partial charge in [0.25, 0.3) is 5.91 Å². The third-order valence-corrected chi connectivity index (χ3v) is 5.58. The van der Waals surface area contributed by atoms with Crippen molar-refractivity contribution in [2.24, 2.45) is 0 Å². The first-order chi connectivity index (χ1) is 16.2. The second-order valence-corrected chi connectivity index (χ2v) is 7.97. The molecule has 4 aromatic rings. The van der Waals surface area contributed by atoms with Gasteiger partial charge in [0.2, 0.25) is 0 Å². The fourth-order valence-electron chi connectivity index (χ4n) is 3.83. The van der Waals surface area contributed by atoms with E-state index in [1.807, 2.05) is 97.9 Å². The zero-order chi connectivity index (χ0) is 22.6.